The van der Waals surface area contributed by atoms with Crippen molar-refractivity contribution < 1.29 is 9.47 Å². The van der Waals surface area contributed by atoms with Gasteiger partial charge >= 0.3 is 0 Å². The molecule has 4 aromatic carbocycles. The van der Waals surface area contributed by atoms with E-state index in [4.69, 9.17) is 9.47 Å². The third kappa shape index (κ3) is 3.74. The van der Waals surface area contributed by atoms with Crippen LogP contribution in [0.15, 0.2) is 97.1 Å². The van der Waals surface area contributed by atoms with E-state index >= 15 is 0 Å². The molecule has 178 valence electrons. The van der Waals surface area contributed by atoms with Crippen LogP contribution in [-0.2, 0) is 12.8 Å². The van der Waals surface area contributed by atoms with Gasteiger partial charge in [0.05, 0.1) is 14.2 Å². The molecule has 0 saturated heterocycles. The summed E-state index contributed by atoms with van der Waals surface area (Å²) in [6, 6.07) is 30.1. The van der Waals surface area contributed by atoms with Crippen molar-refractivity contribution in [2.45, 2.75) is 25.7 Å². The molecule has 4 aromatic rings. The molecule has 2 aliphatic carbocycles. The van der Waals surface area contributed by atoms with Gasteiger partial charge in [-0.3, -0.25) is 0 Å². The van der Waals surface area contributed by atoms with Crippen LogP contribution in [0.2, 0.25) is 0 Å². The number of aryl methyl sites for hydroxylation is 2. The van der Waals surface area contributed by atoms with Crippen molar-refractivity contribution in [1.82, 2.24) is 0 Å². The zero-order valence-corrected chi connectivity index (χ0v) is 20.9. The Hall–Kier alpha value is -4.04. The standard InChI is InChI=1S/C34H30O2/c1-35-29-21-19-25-15-9-17-27(31(25)33(29)23-11-5-3-6-12-23)28-18-10-16-26-20-22-30(36-2)34(32(26)28)24-13-7-4-8-14-24/h3-8,11-14,17-22H,9-10,15-16H2,1-2H3. The topological polar surface area (TPSA) is 18.5 Å². The molecule has 0 aliphatic heterocycles. The van der Waals surface area contributed by atoms with Crippen molar-refractivity contribution in [3.05, 3.63) is 119 Å². The minimum Gasteiger partial charge on any atom is -0.496 e. The fraction of sp³-hybridized carbons (Fsp3) is 0.176. The van der Waals surface area contributed by atoms with Crippen LogP contribution in [0.5, 0.6) is 11.5 Å². The van der Waals surface area contributed by atoms with Gasteiger partial charge in [0, 0.05) is 11.1 Å². The third-order valence-corrected chi connectivity index (χ3v) is 7.42. The predicted octanol–water partition coefficient (Wildman–Crippen LogP) is 8.40. The average Bonchev–Trinajstić information content (AvgIpc) is 2.96. The lowest BCUT2D eigenvalue weighted by Crippen LogP contribution is -2.10. The second-order valence-corrected chi connectivity index (χ2v) is 9.40. The second kappa shape index (κ2) is 9.54. The van der Waals surface area contributed by atoms with E-state index in [1.54, 1.807) is 14.2 Å². The number of fused-ring (bicyclic) bond motifs is 2. The molecule has 0 N–H and O–H groups in total. The molecule has 0 atom stereocenters. The van der Waals surface area contributed by atoms with Gasteiger partial charge in [-0.15, -0.1) is 0 Å². The fourth-order valence-corrected chi connectivity index (χ4v) is 5.85. The lowest BCUT2D eigenvalue weighted by atomic mass is 9.75. The van der Waals surface area contributed by atoms with Crippen LogP contribution in [0.25, 0.3) is 33.4 Å². The summed E-state index contributed by atoms with van der Waals surface area (Å²) < 4.78 is 11.9. The normalized spacial score (nSPS) is 14.3. The predicted molar refractivity (Wildman–Crippen MR) is 149 cm³/mol. The molecule has 0 unspecified atom stereocenters. The van der Waals surface area contributed by atoms with Crippen LogP contribution in [0.1, 0.15) is 35.1 Å². The molecule has 0 saturated carbocycles. The first-order valence-corrected chi connectivity index (χ1v) is 12.7. The van der Waals surface area contributed by atoms with Gasteiger partial charge in [-0.05, 0) is 82.3 Å². The Morgan fingerprint density at radius 3 is 1.28 bits per heavy atom. The average molecular weight is 471 g/mol. The lowest BCUT2D eigenvalue weighted by Gasteiger charge is -2.29. The van der Waals surface area contributed by atoms with Gasteiger partial charge in [0.2, 0.25) is 0 Å². The number of ether oxygens (including phenoxy) is 2. The molecule has 36 heavy (non-hydrogen) atoms. The van der Waals surface area contributed by atoms with E-state index in [2.05, 4.69) is 97.1 Å². The molecule has 0 aromatic heterocycles. The number of methoxy groups -OCH3 is 2. The maximum atomic E-state index is 5.93. The van der Waals surface area contributed by atoms with Gasteiger partial charge in [0.25, 0.3) is 0 Å². The first kappa shape index (κ1) is 22.4. The molecule has 2 nitrogen and oxygen atoms in total. The van der Waals surface area contributed by atoms with Crippen LogP contribution in [0.4, 0.5) is 0 Å². The smallest absolute Gasteiger partial charge is 0.127 e. The Balaban J connectivity index is 1.62. The third-order valence-electron chi connectivity index (χ3n) is 7.42. The molecule has 0 bridgehead atoms. The quantitative estimate of drug-likeness (QED) is 0.291. The summed E-state index contributed by atoms with van der Waals surface area (Å²) in [5.41, 5.74) is 12.7. The van der Waals surface area contributed by atoms with Crippen LogP contribution < -0.4 is 9.47 Å². The Bertz CT molecular complexity index is 1360. The number of rotatable bonds is 5. The van der Waals surface area contributed by atoms with Gasteiger partial charge in [0.15, 0.2) is 0 Å². The minimum absolute atomic E-state index is 0.915. The lowest BCUT2D eigenvalue weighted by molar-refractivity contribution is 0.416. The summed E-state index contributed by atoms with van der Waals surface area (Å²) in [4.78, 5) is 0. The zero-order valence-electron chi connectivity index (χ0n) is 20.9. The van der Waals surface area contributed by atoms with E-state index in [9.17, 15) is 0 Å². The molecule has 0 amide bonds. The molecular weight excluding hydrogens is 440 g/mol. The van der Waals surface area contributed by atoms with Gasteiger partial charge in [-0.1, -0.05) is 84.9 Å². The molecule has 0 spiro atoms. The van der Waals surface area contributed by atoms with E-state index in [1.807, 2.05) is 0 Å². The highest BCUT2D eigenvalue weighted by Crippen LogP contribution is 2.50. The molecule has 2 aliphatic rings. The Kier molecular flexibility index (Phi) is 5.95. The van der Waals surface area contributed by atoms with Crippen LogP contribution >= 0.6 is 0 Å². The van der Waals surface area contributed by atoms with Crippen molar-refractivity contribution in [3.8, 4) is 33.8 Å². The highest BCUT2D eigenvalue weighted by Gasteiger charge is 2.28. The van der Waals surface area contributed by atoms with Gasteiger partial charge in [-0.2, -0.15) is 0 Å². The fourth-order valence-electron chi connectivity index (χ4n) is 5.85. The van der Waals surface area contributed by atoms with Crippen molar-refractivity contribution in [2.24, 2.45) is 0 Å². The summed E-state index contributed by atoms with van der Waals surface area (Å²) in [6.07, 6.45) is 8.99. The molecule has 0 heterocycles. The number of hydrogen-bond donors (Lipinski definition) is 0. The summed E-state index contributed by atoms with van der Waals surface area (Å²) in [5.74, 6) is 1.83. The Labute approximate surface area is 213 Å². The maximum absolute atomic E-state index is 5.93. The molecule has 0 fully saturated rings. The first-order chi connectivity index (χ1) is 17.8. The van der Waals surface area contributed by atoms with Crippen LogP contribution in [0.3, 0.4) is 0 Å². The number of benzene rings is 4. The highest BCUT2D eigenvalue weighted by molar-refractivity contribution is 6.13. The largest absolute Gasteiger partial charge is 0.496 e. The highest BCUT2D eigenvalue weighted by atomic mass is 16.5. The van der Waals surface area contributed by atoms with Crippen LogP contribution in [-0.4, -0.2) is 14.2 Å². The molecular formula is C34H30O2. The Morgan fingerprint density at radius 1 is 0.472 bits per heavy atom. The van der Waals surface area contributed by atoms with Crippen LogP contribution in [0, 0.1) is 0 Å². The zero-order chi connectivity index (χ0) is 24.5. The van der Waals surface area contributed by atoms with Crippen molar-refractivity contribution in [2.75, 3.05) is 14.2 Å². The molecule has 2 heteroatoms. The van der Waals surface area contributed by atoms with Crippen molar-refractivity contribution >= 4 is 11.1 Å². The minimum atomic E-state index is 0.915. The van der Waals surface area contributed by atoms with Crippen molar-refractivity contribution in [3.63, 3.8) is 0 Å². The van der Waals surface area contributed by atoms with E-state index in [0.29, 0.717) is 0 Å². The monoisotopic (exact) mass is 470 g/mol. The van der Waals surface area contributed by atoms with E-state index in [-0.39, 0.29) is 0 Å². The van der Waals surface area contributed by atoms with E-state index in [0.717, 1.165) is 37.2 Å². The summed E-state index contributed by atoms with van der Waals surface area (Å²) >= 11 is 0. The van der Waals surface area contributed by atoms with Gasteiger partial charge in [-0.25, -0.2) is 0 Å². The summed E-state index contributed by atoms with van der Waals surface area (Å²) in [7, 11) is 3.54. The SMILES string of the molecule is COc1ccc2c(c1-c1ccccc1)C(C1=CCCc3ccc(OC)c(-c4ccccc4)c31)=CCC2. The summed E-state index contributed by atoms with van der Waals surface area (Å²) in [5, 5.41) is 0. The first-order valence-electron chi connectivity index (χ1n) is 12.7. The summed E-state index contributed by atoms with van der Waals surface area (Å²) in [6.45, 7) is 0. The molecule has 0 radical (unpaired) electrons. The molecule has 6 rings (SSSR count). The van der Waals surface area contributed by atoms with Crippen molar-refractivity contribution in [1.29, 1.82) is 0 Å². The van der Waals surface area contributed by atoms with E-state index < -0.39 is 0 Å². The van der Waals surface area contributed by atoms with E-state index in [1.165, 1.54) is 55.7 Å². The Morgan fingerprint density at radius 2 is 0.889 bits per heavy atom. The van der Waals surface area contributed by atoms with Gasteiger partial charge < -0.3 is 9.47 Å². The number of allylic oxidation sites excluding steroid dienone is 4. The van der Waals surface area contributed by atoms with Gasteiger partial charge in [0.1, 0.15) is 11.5 Å². The second-order valence-electron chi connectivity index (χ2n) is 9.40. The number of hydrogen-bond acceptors (Lipinski definition) is 2. The maximum Gasteiger partial charge on any atom is 0.127 e.